The predicted octanol–water partition coefficient (Wildman–Crippen LogP) is 3.35. The summed E-state index contributed by atoms with van der Waals surface area (Å²) in [6.45, 7) is 5.42. The Morgan fingerprint density at radius 1 is 1.25 bits per heavy atom. The molecule has 0 spiro atoms. The molecule has 1 atom stereocenters. The molecule has 1 aromatic carbocycles. The highest BCUT2D eigenvalue weighted by atomic mass is 32.1. The first-order valence-electron chi connectivity index (χ1n) is 8.00. The largest absolute Gasteiger partial charge is 0.382 e. The smallest absolute Gasteiger partial charge is 0.222 e. The maximum atomic E-state index is 12.0. The van der Waals surface area contributed by atoms with Gasteiger partial charge in [-0.05, 0) is 13.8 Å². The number of carbonyl (C=O) groups is 1. The number of nitrogens with one attached hydrogen (secondary N) is 1. The third-order valence-electron chi connectivity index (χ3n) is 3.53. The number of amides is 1. The van der Waals surface area contributed by atoms with Crippen LogP contribution in [0.4, 0.5) is 0 Å². The lowest BCUT2D eigenvalue weighted by atomic mass is 10.2. The van der Waals surface area contributed by atoms with Gasteiger partial charge in [0, 0.05) is 19.1 Å². The average Bonchev–Trinajstić information content (AvgIpc) is 2.97. The van der Waals surface area contributed by atoms with Crippen molar-refractivity contribution < 1.29 is 14.3 Å². The molecule has 2 aromatic rings. The second-order valence-electron chi connectivity index (χ2n) is 5.48. The molecule has 1 aromatic heterocycles. The molecule has 0 unspecified atom stereocenters. The summed E-state index contributed by atoms with van der Waals surface area (Å²) in [5.41, 5.74) is 2.06. The molecular formula is C18H24N2O3S. The standard InChI is InChI=1S/C18H24N2O3S/c1-13(19-16(21)9-10-23-12-11-22-3)17-14(2)20-18(24-17)15-7-5-4-6-8-15/h4-8,13H,9-12H2,1-3H3,(H,19,21)/t13-/m0/s1. The first-order chi connectivity index (χ1) is 11.6. The zero-order valence-corrected chi connectivity index (χ0v) is 15.2. The van der Waals surface area contributed by atoms with Gasteiger partial charge in [-0.2, -0.15) is 0 Å². The highest BCUT2D eigenvalue weighted by Gasteiger charge is 2.17. The summed E-state index contributed by atoms with van der Waals surface area (Å²) in [4.78, 5) is 17.7. The van der Waals surface area contributed by atoms with Crippen molar-refractivity contribution in [2.24, 2.45) is 0 Å². The number of methoxy groups -OCH3 is 1. The number of aryl methyl sites for hydroxylation is 1. The van der Waals surface area contributed by atoms with Crippen LogP contribution in [-0.2, 0) is 14.3 Å². The van der Waals surface area contributed by atoms with E-state index in [1.54, 1.807) is 18.4 Å². The van der Waals surface area contributed by atoms with Crippen molar-refractivity contribution in [3.8, 4) is 10.6 Å². The first kappa shape index (κ1) is 18.6. The summed E-state index contributed by atoms with van der Waals surface area (Å²) in [7, 11) is 1.62. The fraction of sp³-hybridized carbons (Fsp3) is 0.444. The fourth-order valence-electron chi connectivity index (χ4n) is 2.30. The van der Waals surface area contributed by atoms with Crippen LogP contribution in [0.3, 0.4) is 0 Å². The van der Waals surface area contributed by atoms with Gasteiger partial charge >= 0.3 is 0 Å². The van der Waals surface area contributed by atoms with Crippen molar-refractivity contribution in [1.82, 2.24) is 10.3 Å². The highest BCUT2D eigenvalue weighted by molar-refractivity contribution is 7.15. The summed E-state index contributed by atoms with van der Waals surface area (Å²) in [6, 6.07) is 10.0. The van der Waals surface area contributed by atoms with Gasteiger partial charge in [-0.25, -0.2) is 4.98 Å². The van der Waals surface area contributed by atoms with Crippen molar-refractivity contribution in [3.05, 3.63) is 40.9 Å². The van der Waals surface area contributed by atoms with Gasteiger partial charge in [0.05, 0.1) is 36.4 Å². The number of carbonyl (C=O) groups excluding carboxylic acids is 1. The molecule has 1 heterocycles. The molecule has 0 aliphatic carbocycles. The number of nitrogens with zero attached hydrogens (tertiary/aromatic N) is 1. The van der Waals surface area contributed by atoms with E-state index in [0.29, 0.717) is 26.2 Å². The summed E-state index contributed by atoms with van der Waals surface area (Å²) in [5.74, 6) is -0.0195. The zero-order valence-electron chi connectivity index (χ0n) is 14.4. The summed E-state index contributed by atoms with van der Waals surface area (Å²) in [5, 5.41) is 3.99. The molecular weight excluding hydrogens is 324 g/mol. The van der Waals surface area contributed by atoms with Crippen LogP contribution in [0, 0.1) is 6.92 Å². The van der Waals surface area contributed by atoms with Crippen LogP contribution in [0.25, 0.3) is 10.6 Å². The summed E-state index contributed by atoms with van der Waals surface area (Å²) >= 11 is 1.62. The maximum Gasteiger partial charge on any atom is 0.222 e. The monoisotopic (exact) mass is 348 g/mol. The normalized spacial score (nSPS) is 12.1. The summed E-state index contributed by atoms with van der Waals surface area (Å²) < 4.78 is 10.2. The second kappa shape index (κ2) is 9.52. The van der Waals surface area contributed by atoms with Crippen molar-refractivity contribution >= 4 is 17.2 Å². The van der Waals surface area contributed by atoms with Gasteiger partial charge in [0.25, 0.3) is 0 Å². The minimum atomic E-state index is -0.0635. The van der Waals surface area contributed by atoms with E-state index in [1.807, 2.05) is 44.2 Å². The molecule has 6 heteroatoms. The Kier molecular flexibility index (Phi) is 7.36. The molecule has 0 aliphatic heterocycles. The van der Waals surface area contributed by atoms with Crippen LogP contribution in [0.2, 0.25) is 0 Å². The Bertz CT molecular complexity index is 643. The van der Waals surface area contributed by atoms with E-state index in [1.165, 1.54) is 0 Å². The Balaban J connectivity index is 1.89. The molecule has 0 saturated carbocycles. The molecule has 0 fully saturated rings. The number of benzene rings is 1. The number of thiazole rings is 1. The third kappa shape index (κ3) is 5.40. The van der Waals surface area contributed by atoms with Gasteiger partial charge in [0.1, 0.15) is 5.01 Å². The quantitative estimate of drug-likeness (QED) is 0.706. The van der Waals surface area contributed by atoms with Gasteiger partial charge < -0.3 is 14.8 Å². The molecule has 130 valence electrons. The van der Waals surface area contributed by atoms with E-state index in [9.17, 15) is 4.79 Å². The van der Waals surface area contributed by atoms with Gasteiger partial charge in [0.15, 0.2) is 0 Å². The van der Waals surface area contributed by atoms with Crippen LogP contribution >= 0.6 is 11.3 Å². The first-order valence-corrected chi connectivity index (χ1v) is 8.82. The highest BCUT2D eigenvalue weighted by Crippen LogP contribution is 2.31. The minimum Gasteiger partial charge on any atom is -0.382 e. The topological polar surface area (TPSA) is 60.5 Å². The van der Waals surface area contributed by atoms with Crippen molar-refractivity contribution in [2.45, 2.75) is 26.3 Å². The molecule has 0 saturated heterocycles. The number of rotatable bonds is 9. The molecule has 1 amide bonds. The van der Waals surface area contributed by atoms with E-state index in [4.69, 9.17) is 9.47 Å². The van der Waals surface area contributed by atoms with Gasteiger partial charge in [0.2, 0.25) is 5.91 Å². The number of hydrogen-bond acceptors (Lipinski definition) is 5. The zero-order chi connectivity index (χ0) is 17.4. The minimum absolute atomic E-state index is 0.0195. The molecule has 24 heavy (non-hydrogen) atoms. The van der Waals surface area contributed by atoms with Crippen LogP contribution in [-0.4, -0.2) is 37.8 Å². The van der Waals surface area contributed by atoms with E-state index in [-0.39, 0.29) is 11.9 Å². The Morgan fingerprint density at radius 2 is 2.00 bits per heavy atom. The predicted molar refractivity (Wildman–Crippen MR) is 96.2 cm³/mol. The van der Waals surface area contributed by atoms with Gasteiger partial charge in [-0.1, -0.05) is 30.3 Å². The molecule has 1 N–H and O–H groups in total. The lowest BCUT2D eigenvalue weighted by Gasteiger charge is -2.13. The number of aromatic nitrogens is 1. The summed E-state index contributed by atoms with van der Waals surface area (Å²) in [6.07, 6.45) is 0.345. The van der Waals surface area contributed by atoms with E-state index in [2.05, 4.69) is 10.3 Å². The van der Waals surface area contributed by atoms with Crippen LogP contribution in [0.15, 0.2) is 30.3 Å². The molecule has 0 bridgehead atoms. The third-order valence-corrected chi connectivity index (χ3v) is 4.92. The molecule has 0 radical (unpaired) electrons. The number of hydrogen-bond donors (Lipinski definition) is 1. The Hall–Kier alpha value is -1.76. The molecule has 0 aliphatic rings. The van der Waals surface area contributed by atoms with Crippen LogP contribution < -0.4 is 5.32 Å². The van der Waals surface area contributed by atoms with Crippen LogP contribution in [0.1, 0.15) is 30.0 Å². The molecule has 5 nitrogen and oxygen atoms in total. The lowest BCUT2D eigenvalue weighted by Crippen LogP contribution is -2.27. The lowest BCUT2D eigenvalue weighted by molar-refractivity contribution is -0.122. The number of ether oxygens (including phenoxy) is 2. The van der Waals surface area contributed by atoms with Crippen molar-refractivity contribution in [1.29, 1.82) is 0 Å². The van der Waals surface area contributed by atoms with E-state index in [0.717, 1.165) is 21.1 Å². The van der Waals surface area contributed by atoms with E-state index < -0.39 is 0 Å². The maximum absolute atomic E-state index is 12.0. The second-order valence-corrected chi connectivity index (χ2v) is 6.51. The van der Waals surface area contributed by atoms with E-state index >= 15 is 0 Å². The van der Waals surface area contributed by atoms with Crippen molar-refractivity contribution in [2.75, 3.05) is 26.9 Å². The van der Waals surface area contributed by atoms with Gasteiger partial charge in [-0.15, -0.1) is 11.3 Å². The van der Waals surface area contributed by atoms with Gasteiger partial charge in [-0.3, -0.25) is 4.79 Å². The Morgan fingerprint density at radius 3 is 2.71 bits per heavy atom. The fourth-order valence-corrected chi connectivity index (χ4v) is 3.38. The molecule has 2 rings (SSSR count). The van der Waals surface area contributed by atoms with Crippen LogP contribution in [0.5, 0.6) is 0 Å². The Labute approximate surface area is 147 Å². The van der Waals surface area contributed by atoms with Crippen molar-refractivity contribution in [3.63, 3.8) is 0 Å². The SMILES string of the molecule is COCCOCCC(=O)N[C@@H](C)c1sc(-c2ccccc2)nc1C. The average molecular weight is 348 g/mol.